The molecule has 0 saturated heterocycles. The van der Waals surface area contributed by atoms with Crippen LogP contribution in [0.4, 0.5) is 0 Å². The quantitative estimate of drug-likeness (QED) is 0.795. The third-order valence-electron chi connectivity index (χ3n) is 1.77. The summed E-state index contributed by atoms with van der Waals surface area (Å²) in [6, 6.07) is 4.29. The lowest BCUT2D eigenvalue weighted by Crippen LogP contribution is -2.18. The first-order valence-electron chi connectivity index (χ1n) is 4.12. The van der Waals surface area contributed by atoms with E-state index in [0.29, 0.717) is 0 Å². The van der Waals surface area contributed by atoms with Gasteiger partial charge in [0.15, 0.2) is 15.6 Å². The Morgan fingerprint density at radius 1 is 1.31 bits per heavy atom. The van der Waals surface area contributed by atoms with Crippen molar-refractivity contribution in [3.63, 3.8) is 0 Å². The molecule has 0 N–H and O–H groups in total. The molecule has 0 bridgehead atoms. The molecule has 1 aromatic rings. The van der Waals surface area contributed by atoms with Crippen LogP contribution in [0.5, 0.6) is 0 Å². The Morgan fingerprint density at radius 3 is 2.25 bits per heavy atom. The van der Waals surface area contributed by atoms with Crippen molar-refractivity contribution in [2.75, 3.05) is 12.9 Å². The van der Waals surface area contributed by atoms with Crippen LogP contribution in [0.2, 0.25) is 10.0 Å². The third kappa shape index (κ3) is 2.87. The molecule has 1 aromatic carbocycles. The van der Waals surface area contributed by atoms with E-state index in [0.717, 1.165) is 7.11 Å². The minimum absolute atomic E-state index is 0.0172. The van der Waals surface area contributed by atoms with Crippen molar-refractivity contribution in [1.29, 1.82) is 0 Å². The number of methoxy groups -OCH3 is 1. The van der Waals surface area contributed by atoms with E-state index in [1.807, 2.05) is 0 Å². The topological polar surface area (TPSA) is 60.4 Å². The monoisotopic (exact) mass is 282 g/mol. The van der Waals surface area contributed by atoms with Gasteiger partial charge in [0.1, 0.15) is 4.90 Å². The van der Waals surface area contributed by atoms with Gasteiger partial charge in [-0.2, -0.15) is 0 Å². The summed E-state index contributed by atoms with van der Waals surface area (Å²) >= 11 is 11.4. The molecule has 0 amide bonds. The molecule has 0 heterocycles. The summed E-state index contributed by atoms with van der Waals surface area (Å²) in [6.45, 7) is 0. The Balaban J connectivity index is 3.23. The zero-order chi connectivity index (χ0) is 12.3. The molecule has 7 heteroatoms. The first-order chi connectivity index (χ1) is 7.38. The van der Waals surface area contributed by atoms with Gasteiger partial charge >= 0.3 is 5.97 Å². The van der Waals surface area contributed by atoms with E-state index in [1.165, 1.54) is 18.2 Å². The lowest BCUT2D eigenvalue weighted by Gasteiger charge is -2.07. The summed E-state index contributed by atoms with van der Waals surface area (Å²) in [7, 11) is -2.77. The van der Waals surface area contributed by atoms with Gasteiger partial charge in [0.05, 0.1) is 17.2 Å². The van der Waals surface area contributed by atoms with Crippen molar-refractivity contribution in [2.45, 2.75) is 4.90 Å². The van der Waals surface area contributed by atoms with Crippen LogP contribution in [0.25, 0.3) is 0 Å². The number of rotatable bonds is 3. The van der Waals surface area contributed by atoms with E-state index in [2.05, 4.69) is 4.74 Å². The van der Waals surface area contributed by atoms with Crippen molar-refractivity contribution in [1.82, 2.24) is 0 Å². The van der Waals surface area contributed by atoms with Crippen LogP contribution in [-0.4, -0.2) is 27.2 Å². The maximum atomic E-state index is 11.8. The zero-order valence-electron chi connectivity index (χ0n) is 8.24. The fraction of sp³-hybridized carbons (Fsp3) is 0.222. The lowest BCUT2D eigenvalue weighted by molar-refractivity contribution is -0.137. The van der Waals surface area contributed by atoms with Gasteiger partial charge in [0.25, 0.3) is 0 Å². The Hall–Kier alpha value is -0.780. The van der Waals surface area contributed by atoms with Crippen LogP contribution in [0.15, 0.2) is 23.1 Å². The number of ether oxygens (including phenoxy) is 1. The van der Waals surface area contributed by atoms with Gasteiger partial charge in [-0.25, -0.2) is 8.42 Å². The first kappa shape index (κ1) is 13.3. The van der Waals surface area contributed by atoms with Crippen LogP contribution in [0.3, 0.4) is 0 Å². The molecule has 0 aliphatic heterocycles. The average Bonchev–Trinajstić information content (AvgIpc) is 2.16. The van der Waals surface area contributed by atoms with E-state index >= 15 is 0 Å². The summed E-state index contributed by atoms with van der Waals surface area (Å²) < 4.78 is 27.8. The first-order valence-corrected chi connectivity index (χ1v) is 6.53. The number of carbonyl (C=O) groups excluding carboxylic acids is 1. The second kappa shape index (κ2) is 5.03. The molecular weight excluding hydrogens is 275 g/mol. The number of benzene rings is 1. The molecule has 1 rings (SSSR count). The van der Waals surface area contributed by atoms with Crippen molar-refractivity contribution < 1.29 is 17.9 Å². The van der Waals surface area contributed by atoms with E-state index in [-0.39, 0.29) is 14.9 Å². The summed E-state index contributed by atoms with van der Waals surface area (Å²) in [5.41, 5.74) is 0. The molecular formula is C9H8Cl2O4S. The highest BCUT2D eigenvalue weighted by Gasteiger charge is 2.25. The maximum absolute atomic E-state index is 11.8. The number of hydrogen-bond donors (Lipinski definition) is 0. The second-order valence-electron chi connectivity index (χ2n) is 2.89. The van der Waals surface area contributed by atoms with E-state index in [4.69, 9.17) is 23.2 Å². The Labute approximate surface area is 103 Å². The van der Waals surface area contributed by atoms with E-state index < -0.39 is 21.6 Å². The smallest absolute Gasteiger partial charge is 0.321 e. The fourth-order valence-corrected chi connectivity index (χ4v) is 3.47. The van der Waals surface area contributed by atoms with Crippen LogP contribution >= 0.6 is 23.2 Å². The molecule has 4 nitrogen and oxygen atoms in total. The molecule has 0 fully saturated rings. The van der Waals surface area contributed by atoms with Gasteiger partial charge in [-0.3, -0.25) is 4.79 Å². The highest BCUT2D eigenvalue weighted by Crippen LogP contribution is 2.29. The third-order valence-corrected chi connectivity index (χ3v) is 4.30. The summed E-state index contributed by atoms with van der Waals surface area (Å²) in [5, 5.41) is -0.0344. The number of hydrogen-bond acceptors (Lipinski definition) is 4. The van der Waals surface area contributed by atoms with Gasteiger partial charge in [0.2, 0.25) is 0 Å². The van der Waals surface area contributed by atoms with Crippen molar-refractivity contribution in [2.24, 2.45) is 0 Å². The number of halogens is 2. The zero-order valence-corrected chi connectivity index (χ0v) is 10.6. The Bertz CT molecular complexity index is 490. The van der Waals surface area contributed by atoms with Gasteiger partial charge in [-0.15, -0.1) is 0 Å². The van der Waals surface area contributed by atoms with Crippen LogP contribution in [0, 0.1) is 0 Å². The highest BCUT2D eigenvalue weighted by molar-refractivity contribution is 7.92. The summed E-state index contributed by atoms with van der Waals surface area (Å²) in [5.74, 6) is -1.65. The summed E-state index contributed by atoms with van der Waals surface area (Å²) in [6.07, 6.45) is 0. The molecule has 0 aliphatic carbocycles. The molecule has 0 radical (unpaired) electrons. The van der Waals surface area contributed by atoms with Crippen LogP contribution in [-0.2, 0) is 19.4 Å². The van der Waals surface area contributed by atoms with Gasteiger partial charge in [-0.1, -0.05) is 29.3 Å². The Kier molecular flexibility index (Phi) is 4.18. The fourth-order valence-electron chi connectivity index (χ4n) is 1.07. The lowest BCUT2D eigenvalue weighted by atomic mass is 10.4. The maximum Gasteiger partial charge on any atom is 0.321 e. The molecule has 0 aliphatic rings. The SMILES string of the molecule is COC(=O)CS(=O)(=O)c1c(Cl)cccc1Cl. The molecule has 16 heavy (non-hydrogen) atoms. The molecule has 0 saturated carbocycles. The summed E-state index contributed by atoms with van der Waals surface area (Å²) in [4.78, 5) is 10.7. The predicted molar refractivity (Wildman–Crippen MR) is 60.5 cm³/mol. The van der Waals surface area contributed by atoms with Crippen LogP contribution in [0.1, 0.15) is 0 Å². The predicted octanol–water partition coefficient (Wildman–Crippen LogP) is 1.94. The minimum Gasteiger partial charge on any atom is -0.468 e. The number of carbonyl (C=O) groups is 1. The number of esters is 1. The van der Waals surface area contributed by atoms with E-state index in [9.17, 15) is 13.2 Å². The Morgan fingerprint density at radius 2 is 1.81 bits per heavy atom. The van der Waals surface area contributed by atoms with Gasteiger partial charge in [-0.05, 0) is 12.1 Å². The largest absolute Gasteiger partial charge is 0.468 e. The molecule has 0 atom stereocenters. The van der Waals surface area contributed by atoms with Crippen molar-refractivity contribution >= 4 is 39.0 Å². The minimum atomic E-state index is -3.87. The standard InChI is InChI=1S/C9H8Cl2O4S/c1-15-8(12)5-16(13,14)9-6(10)3-2-4-7(9)11/h2-4H,5H2,1H3. The van der Waals surface area contributed by atoms with Crippen molar-refractivity contribution in [3.05, 3.63) is 28.2 Å². The normalized spacial score (nSPS) is 11.2. The molecule has 0 unspecified atom stereocenters. The van der Waals surface area contributed by atoms with Gasteiger partial charge < -0.3 is 4.74 Å². The highest BCUT2D eigenvalue weighted by atomic mass is 35.5. The van der Waals surface area contributed by atoms with Crippen LogP contribution < -0.4 is 0 Å². The average molecular weight is 283 g/mol. The molecule has 0 spiro atoms. The van der Waals surface area contributed by atoms with E-state index in [1.54, 1.807) is 0 Å². The van der Waals surface area contributed by atoms with Crippen molar-refractivity contribution in [3.8, 4) is 0 Å². The number of sulfone groups is 1. The molecule has 88 valence electrons. The second-order valence-corrected chi connectivity index (χ2v) is 5.63. The van der Waals surface area contributed by atoms with Gasteiger partial charge in [0, 0.05) is 0 Å². The molecule has 0 aromatic heterocycles.